The largest absolute Gasteiger partial charge is 0.573 e. The van der Waals surface area contributed by atoms with Gasteiger partial charge in [0.1, 0.15) is 5.75 Å². The zero-order chi connectivity index (χ0) is 28.0. The third-order valence-electron chi connectivity index (χ3n) is 7.49. The number of aliphatic carboxylic acids is 1. The molecule has 1 amide bonds. The molecule has 1 aromatic heterocycles. The third-order valence-corrected chi connectivity index (χ3v) is 7.49. The predicted octanol–water partition coefficient (Wildman–Crippen LogP) is 5.68. The predicted molar refractivity (Wildman–Crippen MR) is 133 cm³/mol. The standard InChI is InChI=1S/C27H25F3N4O6/c28-27(29,30)40-17-6-3-5-15(13-17)24-31-32-25(39-24)34-20-9-2-1-7-18(20)23(19-8-4-10-21(19)34)33(16-11-12-16)26(37)38-14-22(35)36/h1-3,5-7,9,13,16,19,21,23H,4,8,10-12,14H2,(H,35,36). The van der Waals surface area contributed by atoms with Gasteiger partial charge >= 0.3 is 24.4 Å². The zero-order valence-corrected chi connectivity index (χ0v) is 21.1. The van der Waals surface area contributed by atoms with Crippen molar-refractivity contribution in [1.82, 2.24) is 15.1 Å². The summed E-state index contributed by atoms with van der Waals surface area (Å²) in [4.78, 5) is 27.9. The van der Waals surface area contributed by atoms with Crippen molar-refractivity contribution in [2.45, 2.75) is 56.6 Å². The number of carbonyl (C=O) groups is 2. The number of aromatic nitrogens is 2. The molecule has 1 N–H and O–H groups in total. The van der Waals surface area contributed by atoms with E-state index in [1.54, 1.807) is 11.0 Å². The van der Waals surface area contributed by atoms with E-state index in [2.05, 4.69) is 14.9 Å². The third kappa shape index (κ3) is 5.03. The highest BCUT2D eigenvalue weighted by molar-refractivity contribution is 5.76. The molecule has 2 saturated carbocycles. The molecule has 0 spiro atoms. The number of carboxylic acid groups (broad SMARTS) is 1. The van der Waals surface area contributed by atoms with Crippen molar-refractivity contribution in [3.05, 3.63) is 54.1 Å². The van der Waals surface area contributed by atoms with Gasteiger partial charge in [0.2, 0.25) is 5.89 Å². The van der Waals surface area contributed by atoms with Crippen LogP contribution in [0.4, 0.5) is 29.7 Å². The fourth-order valence-electron chi connectivity index (χ4n) is 5.92. The van der Waals surface area contributed by atoms with Gasteiger partial charge in [-0.15, -0.1) is 18.3 Å². The first-order valence-corrected chi connectivity index (χ1v) is 12.9. The molecular weight excluding hydrogens is 533 g/mol. The molecule has 3 unspecified atom stereocenters. The quantitative estimate of drug-likeness (QED) is 0.391. The summed E-state index contributed by atoms with van der Waals surface area (Å²) in [5.74, 6) is -1.61. The van der Waals surface area contributed by atoms with E-state index in [0.29, 0.717) is 0 Å². The summed E-state index contributed by atoms with van der Waals surface area (Å²) in [5, 5.41) is 17.4. The lowest BCUT2D eigenvalue weighted by molar-refractivity contribution is -0.274. The van der Waals surface area contributed by atoms with Gasteiger partial charge in [-0.3, -0.25) is 9.80 Å². The second-order valence-electron chi connectivity index (χ2n) is 10.1. The first-order chi connectivity index (χ1) is 19.2. The van der Waals surface area contributed by atoms with Gasteiger partial charge in [0.05, 0.1) is 11.7 Å². The molecule has 3 aliphatic rings. The minimum atomic E-state index is -4.83. The topological polar surface area (TPSA) is 118 Å². The monoisotopic (exact) mass is 558 g/mol. The first-order valence-electron chi connectivity index (χ1n) is 12.9. The Hall–Kier alpha value is -4.29. The lowest BCUT2D eigenvalue weighted by Crippen LogP contribution is -2.49. The van der Waals surface area contributed by atoms with Gasteiger partial charge in [-0.2, -0.15) is 0 Å². The molecule has 2 heterocycles. The minimum absolute atomic E-state index is 0.0215. The molecule has 6 rings (SSSR count). The normalized spacial score (nSPS) is 21.9. The Morgan fingerprint density at radius 2 is 1.88 bits per heavy atom. The maximum absolute atomic E-state index is 13.2. The van der Waals surface area contributed by atoms with Gasteiger partial charge in [0.15, 0.2) is 6.61 Å². The van der Waals surface area contributed by atoms with E-state index in [1.807, 2.05) is 29.2 Å². The summed E-state index contributed by atoms with van der Waals surface area (Å²) in [7, 11) is 0. The summed E-state index contributed by atoms with van der Waals surface area (Å²) < 4.78 is 53.3. The maximum Gasteiger partial charge on any atom is 0.573 e. The molecule has 1 aliphatic heterocycles. The van der Waals surface area contributed by atoms with Crippen LogP contribution in [0.3, 0.4) is 0 Å². The van der Waals surface area contributed by atoms with Gasteiger partial charge in [-0.25, -0.2) is 9.59 Å². The molecule has 0 radical (unpaired) electrons. The Kier molecular flexibility index (Phi) is 6.51. The highest BCUT2D eigenvalue weighted by Crippen LogP contribution is 2.54. The molecule has 2 aromatic carbocycles. The summed E-state index contributed by atoms with van der Waals surface area (Å²) in [5.41, 5.74) is 1.88. The van der Waals surface area contributed by atoms with Crippen LogP contribution in [-0.4, -0.2) is 57.3 Å². The Labute approximate surface area is 226 Å². The number of nitrogens with zero attached hydrogens (tertiary/aromatic N) is 4. The maximum atomic E-state index is 13.2. The number of benzene rings is 2. The number of carboxylic acids is 1. The van der Waals surface area contributed by atoms with Crippen LogP contribution in [0.25, 0.3) is 11.5 Å². The Morgan fingerprint density at radius 1 is 1.07 bits per heavy atom. The lowest BCUT2D eigenvalue weighted by atomic mass is 9.82. The second-order valence-corrected chi connectivity index (χ2v) is 10.1. The van der Waals surface area contributed by atoms with Crippen LogP contribution >= 0.6 is 0 Å². The summed E-state index contributed by atoms with van der Waals surface area (Å²) in [6.45, 7) is -0.712. The van der Waals surface area contributed by atoms with Crippen LogP contribution in [0.15, 0.2) is 52.9 Å². The summed E-state index contributed by atoms with van der Waals surface area (Å²) >= 11 is 0. The van der Waals surface area contributed by atoms with Gasteiger partial charge in [0, 0.05) is 23.6 Å². The highest BCUT2D eigenvalue weighted by Gasteiger charge is 2.52. The average Bonchev–Trinajstić information content (AvgIpc) is 3.41. The number of amides is 1. The molecular formula is C27H25F3N4O6. The van der Waals surface area contributed by atoms with E-state index in [9.17, 15) is 22.8 Å². The van der Waals surface area contributed by atoms with Crippen molar-refractivity contribution in [2.75, 3.05) is 11.5 Å². The van der Waals surface area contributed by atoms with Crippen molar-refractivity contribution in [3.8, 4) is 17.2 Å². The molecule has 2 fully saturated rings. The number of alkyl halides is 3. The molecule has 13 heteroatoms. The SMILES string of the molecule is O=C(O)COC(=O)N(C1CC1)C1c2ccccc2N(c2nnc(-c3cccc(OC(F)(F)F)c3)o2)C2CCCC21. The van der Waals surface area contributed by atoms with Crippen LogP contribution in [0, 0.1) is 5.92 Å². The fourth-order valence-corrected chi connectivity index (χ4v) is 5.92. The van der Waals surface area contributed by atoms with E-state index in [1.165, 1.54) is 18.2 Å². The van der Waals surface area contributed by atoms with Crippen molar-refractivity contribution in [3.63, 3.8) is 0 Å². The number of hydrogen-bond donors (Lipinski definition) is 1. The molecule has 210 valence electrons. The lowest BCUT2D eigenvalue weighted by Gasteiger charge is -2.46. The number of ether oxygens (including phenoxy) is 2. The minimum Gasteiger partial charge on any atom is -0.479 e. The molecule has 0 bridgehead atoms. The van der Waals surface area contributed by atoms with Crippen LogP contribution in [0.5, 0.6) is 5.75 Å². The fraction of sp³-hybridized carbons (Fsp3) is 0.407. The molecule has 2 aliphatic carbocycles. The highest BCUT2D eigenvalue weighted by atomic mass is 19.4. The molecule has 40 heavy (non-hydrogen) atoms. The number of hydrogen-bond acceptors (Lipinski definition) is 8. The molecule has 3 atom stereocenters. The summed E-state index contributed by atoms with van der Waals surface area (Å²) in [6, 6.07) is 12.6. The van der Waals surface area contributed by atoms with E-state index in [-0.39, 0.29) is 41.5 Å². The Bertz CT molecular complexity index is 1430. The van der Waals surface area contributed by atoms with E-state index < -0.39 is 30.8 Å². The van der Waals surface area contributed by atoms with Crippen molar-refractivity contribution < 1.29 is 41.8 Å². The number of anilines is 2. The van der Waals surface area contributed by atoms with Crippen LogP contribution in [-0.2, 0) is 9.53 Å². The Morgan fingerprint density at radius 3 is 2.62 bits per heavy atom. The van der Waals surface area contributed by atoms with Crippen LogP contribution in [0.2, 0.25) is 0 Å². The van der Waals surface area contributed by atoms with Crippen molar-refractivity contribution in [1.29, 1.82) is 0 Å². The first kappa shape index (κ1) is 26.0. The second kappa shape index (κ2) is 10.0. The van der Waals surface area contributed by atoms with E-state index >= 15 is 0 Å². The Balaban J connectivity index is 1.35. The van der Waals surface area contributed by atoms with Gasteiger partial charge < -0.3 is 19.0 Å². The number of para-hydroxylation sites is 1. The molecule has 0 saturated heterocycles. The van der Waals surface area contributed by atoms with Crippen LogP contribution in [0.1, 0.15) is 43.7 Å². The smallest absolute Gasteiger partial charge is 0.479 e. The van der Waals surface area contributed by atoms with Gasteiger partial charge in [-0.1, -0.05) is 35.8 Å². The van der Waals surface area contributed by atoms with Crippen molar-refractivity contribution in [2.24, 2.45) is 5.92 Å². The molecule has 3 aromatic rings. The number of halogens is 3. The number of rotatable bonds is 7. The summed E-state index contributed by atoms with van der Waals surface area (Å²) in [6.07, 6.45) is -1.38. The molecule has 10 nitrogen and oxygen atoms in total. The zero-order valence-electron chi connectivity index (χ0n) is 21.1. The van der Waals surface area contributed by atoms with E-state index in [0.717, 1.165) is 43.4 Å². The van der Waals surface area contributed by atoms with Crippen LogP contribution < -0.4 is 9.64 Å². The van der Waals surface area contributed by atoms with Crippen molar-refractivity contribution >= 4 is 23.8 Å². The average molecular weight is 559 g/mol. The van der Waals surface area contributed by atoms with E-state index in [4.69, 9.17) is 14.3 Å². The van der Waals surface area contributed by atoms with Gasteiger partial charge in [0.25, 0.3) is 0 Å². The number of fused-ring (bicyclic) bond motifs is 2. The number of carbonyl (C=O) groups excluding carboxylic acids is 1. The van der Waals surface area contributed by atoms with Gasteiger partial charge in [-0.05, 0) is 55.5 Å².